The Labute approximate surface area is 201 Å². The highest BCUT2D eigenvalue weighted by molar-refractivity contribution is 7.99. The summed E-state index contributed by atoms with van der Waals surface area (Å²) in [6.45, 7) is 3.95. The van der Waals surface area contributed by atoms with Gasteiger partial charge in [0.05, 0.1) is 10.6 Å². The molecule has 0 saturated carbocycles. The highest BCUT2D eigenvalue weighted by atomic mass is 32.2. The molecule has 0 spiro atoms. The largest absolute Gasteiger partial charge is 0.411 e. The van der Waals surface area contributed by atoms with Gasteiger partial charge >= 0.3 is 0 Å². The van der Waals surface area contributed by atoms with Gasteiger partial charge in [0, 0.05) is 16.9 Å². The third-order valence-electron chi connectivity index (χ3n) is 4.68. The number of sulfonamides is 1. The summed E-state index contributed by atoms with van der Waals surface area (Å²) in [4.78, 5) is 12.4. The van der Waals surface area contributed by atoms with Gasteiger partial charge in [0.15, 0.2) is 0 Å². The molecule has 4 rings (SSSR count). The van der Waals surface area contributed by atoms with Crippen LogP contribution in [0.3, 0.4) is 0 Å². The van der Waals surface area contributed by atoms with Crippen molar-refractivity contribution in [3.63, 3.8) is 0 Å². The van der Waals surface area contributed by atoms with Gasteiger partial charge in [0.25, 0.3) is 15.2 Å². The summed E-state index contributed by atoms with van der Waals surface area (Å²) in [5.74, 6) is 0.217. The Kier molecular flexibility index (Phi) is 6.99. The number of nitrogens with one attached hydrogen (secondary N) is 2. The van der Waals surface area contributed by atoms with E-state index in [1.165, 1.54) is 12.1 Å². The number of rotatable bonds is 8. The average Bonchev–Trinajstić information content (AvgIpc) is 3.27. The quantitative estimate of drug-likeness (QED) is 0.335. The summed E-state index contributed by atoms with van der Waals surface area (Å²) in [6, 6.07) is 20.6. The van der Waals surface area contributed by atoms with Crippen molar-refractivity contribution in [2.75, 3.05) is 15.8 Å². The Bertz CT molecular complexity index is 1380. The maximum absolute atomic E-state index is 12.4. The molecule has 0 radical (unpaired) electrons. The lowest BCUT2D eigenvalue weighted by Gasteiger charge is -2.08. The molecule has 4 aromatic rings. The van der Waals surface area contributed by atoms with Gasteiger partial charge < -0.3 is 9.73 Å². The SMILES string of the molecule is Cc1cc(C)cc(NC(=O)CSc2nnc(-c3ccc(NS(=O)(=O)c4ccccc4)cc3)o2)c1. The van der Waals surface area contributed by atoms with Crippen LogP contribution in [-0.2, 0) is 14.8 Å². The average molecular weight is 495 g/mol. The molecule has 174 valence electrons. The van der Waals surface area contributed by atoms with E-state index in [1.54, 1.807) is 42.5 Å². The second kappa shape index (κ2) is 10.1. The first-order chi connectivity index (χ1) is 16.3. The minimum atomic E-state index is -3.67. The zero-order valence-corrected chi connectivity index (χ0v) is 20.1. The lowest BCUT2D eigenvalue weighted by Crippen LogP contribution is -2.14. The van der Waals surface area contributed by atoms with E-state index in [0.717, 1.165) is 28.6 Å². The molecule has 0 atom stereocenters. The predicted octanol–water partition coefficient (Wildman–Crippen LogP) is 4.89. The molecule has 0 aliphatic rings. The van der Waals surface area contributed by atoms with Crippen LogP contribution in [0, 0.1) is 13.8 Å². The van der Waals surface area contributed by atoms with Crippen LogP contribution in [0.15, 0.2) is 87.3 Å². The van der Waals surface area contributed by atoms with Crippen molar-refractivity contribution in [3.05, 3.63) is 83.9 Å². The first-order valence-electron chi connectivity index (χ1n) is 10.3. The molecule has 0 unspecified atom stereocenters. The molecule has 1 amide bonds. The zero-order chi connectivity index (χ0) is 24.1. The molecule has 2 N–H and O–H groups in total. The van der Waals surface area contributed by atoms with Crippen molar-refractivity contribution in [1.82, 2.24) is 10.2 Å². The summed E-state index contributed by atoms with van der Waals surface area (Å²) in [5.41, 5.74) is 3.93. The molecule has 0 saturated heterocycles. The second-order valence-electron chi connectivity index (χ2n) is 7.58. The van der Waals surface area contributed by atoms with Crippen LogP contribution >= 0.6 is 11.8 Å². The summed E-state index contributed by atoms with van der Waals surface area (Å²) in [6.07, 6.45) is 0. The van der Waals surface area contributed by atoms with E-state index >= 15 is 0 Å². The third-order valence-corrected chi connectivity index (χ3v) is 6.89. The topological polar surface area (TPSA) is 114 Å². The van der Waals surface area contributed by atoms with Crippen molar-refractivity contribution < 1.29 is 17.6 Å². The molecule has 34 heavy (non-hydrogen) atoms. The van der Waals surface area contributed by atoms with Gasteiger partial charge in [-0.15, -0.1) is 10.2 Å². The molecule has 3 aromatic carbocycles. The fourth-order valence-corrected chi connectivity index (χ4v) is 4.89. The van der Waals surface area contributed by atoms with E-state index in [-0.39, 0.29) is 27.7 Å². The van der Waals surface area contributed by atoms with Gasteiger partial charge in [-0.1, -0.05) is 36.0 Å². The molecular weight excluding hydrogens is 472 g/mol. The standard InChI is InChI=1S/C24H22N4O4S2/c1-16-12-17(2)14-20(13-16)25-22(29)15-33-24-27-26-23(32-24)18-8-10-19(11-9-18)28-34(30,31)21-6-4-3-5-7-21/h3-14,28H,15H2,1-2H3,(H,25,29). The summed E-state index contributed by atoms with van der Waals surface area (Å²) in [7, 11) is -3.67. The molecule has 0 aliphatic heterocycles. The predicted molar refractivity (Wildman–Crippen MR) is 132 cm³/mol. The number of hydrogen-bond donors (Lipinski definition) is 2. The second-order valence-corrected chi connectivity index (χ2v) is 10.2. The smallest absolute Gasteiger partial charge is 0.277 e. The van der Waals surface area contributed by atoms with Gasteiger partial charge in [-0.3, -0.25) is 9.52 Å². The molecule has 0 aliphatic carbocycles. The third kappa shape index (κ3) is 6.03. The number of aryl methyl sites for hydroxylation is 2. The summed E-state index contributed by atoms with van der Waals surface area (Å²) in [5, 5.41) is 11.1. The molecule has 1 aromatic heterocycles. The number of hydrogen-bond acceptors (Lipinski definition) is 7. The van der Waals surface area contributed by atoms with E-state index < -0.39 is 10.0 Å². The Morgan fingerprint density at radius 3 is 2.26 bits per heavy atom. The first kappa shape index (κ1) is 23.5. The van der Waals surface area contributed by atoms with Crippen molar-refractivity contribution in [2.45, 2.75) is 24.0 Å². The number of thioether (sulfide) groups is 1. The fourth-order valence-electron chi connectivity index (χ4n) is 3.25. The lowest BCUT2D eigenvalue weighted by atomic mass is 10.1. The first-order valence-corrected chi connectivity index (χ1v) is 12.8. The van der Waals surface area contributed by atoms with E-state index in [9.17, 15) is 13.2 Å². The number of amides is 1. The molecule has 10 heteroatoms. The molecule has 8 nitrogen and oxygen atoms in total. The Balaban J connectivity index is 1.35. The Morgan fingerprint density at radius 2 is 1.59 bits per heavy atom. The van der Waals surface area contributed by atoms with Crippen LogP contribution in [0.5, 0.6) is 0 Å². The van der Waals surface area contributed by atoms with Crippen LogP contribution in [-0.4, -0.2) is 30.3 Å². The van der Waals surface area contributed by atoms with Crippen molar-refractivity contribution in [1.29, 1.82) is 0 Å². The number of aromatic nitrogens is 2. The van der Waals surface area contributed by atoms with Gasteiger partial charge in [-0.05, 0) is 73.5 Å². The summed E-state index contributed by atoms with van der Waals surface area (Å²) < 4.78 is 33.1. The monoisotopic (exact) mass is 494 g/mol. The molecule has 1 heterocycles. The zero-order valence-electron chi connectivity index (χ0n) is 18.5. The van der Waals surface area contributed by atoms with Crippen LogP contribution in [0.1, 0.15) is 11.1 Å². The summed E-state index contributed by atoms with van der Waals surface area (Å²) >= 11 is 1.14. The molecular formula is C24H22N4O4S2. The molecule has 0 fully saturated rings. The van der Waals surface area contributed by atoms with E-state index in [2.05, 4.69) is 20.2 Å². The highest BCUT2D eigenvalue weighted by Crippen LogP contribution is 2.25. The lowest BCUT2D eigenvalue weighted by molar-refractivity contribution is -0.113. The van der Waals surface area contributed by atoms with Crippen molar-refractivity contribution in [3.8, 4) is 11.5 Å². The number of benzene rings is 3. The van der Waals surface area contributed by atoms with Crippen LogP contribution < -0.4 is 10.0 Å². The normalized spacial score (nSPS) is 11.2. The Hall–Kier alpha value is -3.63. The minimum Gasteiger partial charge on any atom is -0.411 e. The van der Waals surface area contributed by atoms with E-state index in [0.29, 0.717) is 11.3 Å². The number of carbonyl (C=O) groups excluding carboxylic acids is 1. The van der Waals surface area contributed by atoms with Crippen molar-refractivity contribution >= 4 is 39.1 Å². The van der Waals surface area contributed by atoms with Crippen LogP contribution in [0.2, 0.25) is 0 Å². The van der Waals surface area contributed by atoms with Gasteiger partial charge in [-0.2, -0.15) is 0 Å². The van der Waals surface area contributed by atoms with E-state index in [4.69, 9.17) is 4.42 Å². The number of nitrogens with zero attached hydrogens (tertiary/aromatic N) is 2. The van der Waals surface area contributed by atoms with Crippen LogP contribution in [0.4, 0.5) is 11.4 Å². The van der Waals surface area contributed by atoms with Crippen molar-refractivity contribution in [2.24, 2.45) is 0 Å². The molecule has 0 bridgehead atoms. The maximum atomic E-state index is 12.4. The maximum Gasteiger partial charge on any atom is 0.277 e. The fraction of sp³-hybridized carbons (Fsp3) is 0.125. The number of carbonyl (C=O) groups is 1. The highest BCUT2D eigenvalue weighted by Gasteiger charge is 2.15. The van der Waals surface area contributed by atoms with Crippen LogP contribution in [0.25, 0.3) is 11.5 Å². The van der Waals surface area contributed by atoms with Gasteiger partial charge in [-0.25, -0.2) is 8.42 Å². The van der Waals surface area contributed by atoms with Gasteiger partial charge in [0.2, 0.25) is 11.8 Å². The van der Waals surface area contributed by atoms with Gasteiger partial charge in [0.1, 0.15) is 0 Å². The van der Waals surface area contributed by atoms with E-state index in [1.807, 2.05) is 32.0 Å². The Morgan fingerprint density at radius 1 is 0.912 bits per heavy atom. The number of anilines is 2. The minimum absolute atomic E-state index is 0.120.